The number of ether oxygens (including phenoxy) is 1. The number of rotatable bonds is 3. The quantitative estimate of drug-likeness (QED) is 0.509. The number of nitrogens with zero attached hydrogens (tertiary/aromatic N) is 1. The zero-order valence-electron chi connectivity index (χ0n) is 10.2. The maximum atomic E-state index is 5.80. The Bertz CT molecular complexity index is 697. The third-order valence-electron chi connectivity index (χ3n) is 2.88. The van der Waals surface area contributed by atoms with Crippen LogP contribution in [0.25, 0.3) is 10.9 Å². The summed E-state index contributed by atoms with van der Waals surface area (Å²) in [5.41, 5.74) is 2.17. The highest BCUT2D eigenvalue weighted by Gasteiger charge is 2.00. The predicted molar refractivity (Wildman–Crippen MR) is 85.2 cm³/mol. The lowest BCUT2D eigenvalue weighted by Gasteiger charge is -2.07. The van der Waals surface area contributed by atoms with Crippen molar-refractivity contribution in [1.29, 1.82) is 0 Å². The Kier molecular flexibility index (Phi) is 3.64. The first-order valence-corrected chi connectivity index (χ1v) is 7.12. The highest BCUT2D eigenvalue weighted by Crippen LogP contribution is 2.21. The van der Waals surface area contributed by atoms with Gasteiger partial charge in [-0.2, -0.15) is 0 Å². The van der Waals surface area contributed by atoms with Gasteiger partial charge in [-0.1, -0.05) is 36.4 Å². The van der Waals surface area contributed by atoms with E-state index in [0.29, 0.717) is 6.61 Å². The molecule has 0 radical (unpaired) electrons. The average Bonchev–Trinajstić information content (AvgIpc) is 2.46. The van der Waals surface area contributed by atoms with Gasteiger partial charge in [-0.3, -0.25) is 0 Å². The molecule has 0 atom stereocenters. The third-order valence-corrected chi connectivity index (χ3v) is 3.48. The van der Waals surface area contributed by atoms with Crippen molar-refractivity contribution in [3.8, 4) is 5.75 Å². The molecule has 2 aromatic carbocycles. The lowest BCUT2D eigenvalue weighted by molar-refractivity contribution is 0.306. The van der Waals surface area contributed by atoms with E-state index in [-0.39, 0.29) is 0 Å². The standard InChI is InChI=1S/C16H12INO/c17-16-9-6-13-10-14(7-8-15(13)18-16)19-11-12-4-2-1-3-5-12/h1-10H,11H2. The van der Waals surface area contributed by atoms with E-state index in [1.807, 2.05) is 42.5 Å². The molecule has 0 bridgehead atoms. The van der Waals surface area contributed by atoms with Crippen molar-refractivity contribution in [2.45, 2.75) is 6.61 Å². The molecule has 3 heteroatoms. The van der Waals surface area contributed by atoms with Crippen molar-refractivity contribution in [2.75, 3.05) is 0 Å². The van der Waals surface area contributed by atoms with Crippen LogP contribution in [0.2, 0.25) is 0 Å². The summed E-state index contributed by atoms with van der Waals surface area (Å²) in [7, 11) is 0. The van der Waals surface area contributed by atoms with E-state index < -0.39 is 0 Å². The molecule has 19 heavy (non-hydrogen) atoms. The number of hydrogen-bond donors (Lipinski definition) is 0. The lowest BCUT2D eigenvalue weighted by Crippen LogP contribution is -1.95. The molecular weight excluding hydrogens is 349 g/mol. The highest BCUT2D eigenvalue weighted by molar-refractivity contribution is 14.1. The Morgan fingerprint density at radius 3 is 2.63 bits per heavy atom. The maximum absolute atomic E-state index is 5.80. The van der Waals surface area contributed by atoms with Crippen molar-refractivity contribution < 1.29 is 4.74 Å². The fraction of sp³-hybridized carbons (Fsp3) is 0.0625. The van der Waals surface area contributed by atoms with E-state index in [9.17, 15) is 0 Å². The molecule has 0 spiro atoms. The van der Waals surface area contributed by atoms with E-state index in [1.165, 1.54) is 5.56 Å². The zero-order chi connectivity index (χ0) is 13.1. The van der Waals surface area contributed by atoms with Gasteiger partial charge in [-0.25, -0.2) is 4.98 Å². The van der Waals surface area contributed by atoms with Crippen molar-refractivity contribution in [3.05, 3.63) is 69.9 Å². The van der Waals surface area contributed by atoms with Crippen molar-refractivity contribution in [3.63, 3.8) is 0 Å². The van der Waals surface area contributed by atoms with Crippen LogP contribution in [0.4, 0.5) is 0 Å². The molecule has 0 N–H and O–H groups in total. The van der Waals surface area contributed by atoms with E-state index in [4.69, 9.17) is 4.74 Å². The van der Waals surface area contributed by atoms with Crippen molar-refractivity contribution >= 4 is 33.5 Å². The average molecular weight is 361 g/mol. The summed E-state index contributed by atoms with van der Waals surface area (Å²) in [6, 6.07) is 20.2. The van der Waals surface area contributed by atoms with Gasteiger partial charge >= 0.3 is 0 Å². The van der Waals surface area contributed by atoms with Gasteiger partial charge in [0.2, 0.25) is 0 Å². The smallest absolute Gasteiger partial charge is 0.120 e. The second-order valence-electron chi connectivity index (χ2n) is 4.26. The summed E-state index contributed by atoms with van der Waals surface area (Å²) < 4.78 is 6.80. The fourth-order valence-electron chi connectivity index (χ4n) is 1.91. The number of hydrogen-bond acceptors (Lipinski definition) is 2. The molecule has 0 aliphatic carbocycles. The first-order chi connectivity index (χ1) is 9.31. The SMILES string of the molecule is Ic1ccc2cc(OCc3ccccc3)ccc2n1. The molecular formula is C16H12INO. The van der Waals surface area contributed by atoms with Crippen LogP contribution in [-0.4, -0.2) is 4.98 Å². The molecule has 3 aromatic rings. The Hall–Kier alpha value is -1.62. The minimum Gasteiger partial charge on any atom is -0.489 e. The van der Waals surface area contributed by atoms with Gasteiger partial charge in [0.25, 0.3) is 0 Å². The summed E-state index contributed by atoms with van der Waals surface area (Å²) in [6.45, 7) is 0.587. The van der Waals surface area contributed by atoms with Gasteiger partial charge in [-0.05, 0) is 52.4 Å². The van der Waals surface area contributed by atoms with Gasteiger partial charge in [-0.15, -0.1) is 0 Å². The van der Waals surface area contributed by atoms with Gasteiger partial charge in [0.1, 0.15) is 16.1 Å². The summed E-state index contributed by atoms with van der Waals surface area (Å²) in [5, 5.41) is 1.10. The molecule has 0 aliphatic rings. The molecule has 0 amide bonds. The van der Waals surface area contributed by atoms with E-state index in [1.54, 1.807) is 0 Å². The van der Waals surface area contributed by atoms with Crippen LogP contribution in [0.15, 0.2) is 60.7 Å². The first kappa shape index (κ1) is 12.4. The lowest BCUT2D eigenvalue weighted by atomic mass is 10.2. The fourth-order valence-corrected chi connectivity index (χ4v) is 2.35. The topological polar surface area (TPSA) is 22.1 Å². The van der Waals surface area contributed by atoms with Crippen LogP contribution in [0.1, 0.15) is 5.56 Å². The number of fused-ring (bicyclic) bond motifs is 1. The van der Waals surface area contributed by atoms with E-state index in [2.05, 4.69) is 45.8 Å². The van der Waals surface area contributed by atoms with Crippen LogP contribution in [0.3, 0.4) is 0 Å². The van der Waals surface area contributed by atoms with Gasteiger partial charge in [0, 0.05) is 5.39 Å². The Balaban J connectivity index is 1.80. The minimum atomic E-state index is 0.587. The van der Waals surface area contributed by atoms with Crippen LogP contribution in [0, 0.1) is 3.70 Å². The zero-order valence-corrected chi connectivity index (χ0v) is 12.4. The molecule has 3 rings (SSSR count). The van der Waals surface area contributed by atoms with Crippen LogP contribution >= 0.6 is 22.6 Å². The monoisotopic (exact) mass is 361 g/mol. The Labute approximate surface area is 125 Å². The largest absolute Gasteiger partial charge is 0.489 e. The molecule has 2 nitrogen and oxygen atoms in total. The minimum absolute atomic E-state index is 0.587. The van der Waals surface area contributed by atoms with E-state index >= 15 is 0 Å². The first-order valence-electron chi connectivity index (χ1n) is 6.04. The second-order valence-corrected chi connectivity index (χ2v) is 5.37. The maximum Gasteiger partial charge on any atom is 0.120 e. The highest BCUT2D eigenvalue weighted by atomic mass is 127. The van der Waals surface area contributed by atoms with Crippen LogP contribution in [0.5, 0.6) is 5.75 Å². The summed E-state index contributed by atoms with van der Waals surface area (Å²) >= 11 is 2.22. The summed E-state index contributed by atoms with van der Waals surface area (Å²) in [5.74, 6) is 0.874. The van der Waals surface area contributed by atoms with Crippen molar-refractivity contribution in [2.24, 2.45) is 0 Å². The molecule has 94 valence electrons. The molecule has 0 aliphatic heterocycles. The van der Waals surface area contributed by atoms with Gasteiger partial charge in [0.15, 0.2) is 0 Å². The molecule has 0 saturated carbocycles. The Morgan fingerprint density at radius 1 is 0.947 bits per heavy atom. The molecule has 0 fully saturated rings. The molecule has 0 unspecified atom stereocenters. The summed E-state index contributed by atoms with van der Waals surface area (Å²) in [4.78, 5) is 4.47. The normalized spacial score (nSPS) is 10.6. The third kappa shape index (κ3) is 3.04. The van der Waals surface area contributed by atoms with Gasteiger partial charge < -0.3 is 4.74 Å². The number of benzene rings is 2. The number of aromatic nitrogens is 1. The number of pyridine rings is 1. The summed E-state index contributed by atoms with van der Waals surface area (Å²) in [6.07, 6.45) is 0. The molecule has 1 heterocycles. The van der Waals surface area contributed by atoms with Crippen LogP contribution < -0.4 is 4.74 Å². The predicted octanol–water partition coefficient (Wildman–Crippen LogP) is 4.42. The molecule has 1 aromatic heterocycles. The van der Waals surface area contributed by atoms with E-state index in [0.717, 1.165) is 20.4 Å². The van der Waals surface area contributed by atoms with Crippen LogP contribution in [-0.2, 0) is 6.61 Å². The molecule has 0 saturated heterocycles. The number of halogens is 1. The Morgan fingerprint density at radius 2 is 1.79 bits per heavy atom. The second kappa shape index (κ2) is 5.57. The van der Waals surface area contributed by atoms with Gasteiger partial charge in [0.05, 0.1) is 5.52 Å². The van der Waals surface area contributed by atoms with Crippen molar-refractivity contribution in [1.82, 2.24) is 4.98 Å².